The van der Waals surface area contributed by atoms with Crippen LogP contribution in [0.1, 0.15) is 31.1 Å². The van der Waals surface area contributed by atoms with Crippen LogP contribution in [0.3, 0.4) is 0 Å². The zero-order valence-electron chi connectivity index (χ0n) is 11.8. The predicted octanol–water partition coefficient (Wildman–Crippen LogP) is 3.23. The van der Waals surface area contributed by atoms with Gasteiger partial charge in [0, 0.05) is 12.4 Å². The summed E-state index contributed by atoms with van der Waals surface area (Å²) in [4.78, 5) is 8.58. The molecule has 1 unspecified atom stereocenters. The first-order chi connectivity index (χ1) is 9.60. The molecule has 1 atom stereocenters. The normalized spacial score (nSPS) is 12.4. The Bertz CT molecular complexity index is 557. The molecular formula is C15H18ClN3O. The van der Waals surface area contributed by atoms with Crippen molar-refractivity contribution >= 4 is 11.6 Å². The molecule has 2 rings (SSSR count). The standard InChI is InChI=1S/C15H18ClN3O/c1-10(2)20-13-6-11(7-18-9-13)15(17-3)14-5-4-12(16)8-19-14/h4-10,15,17H,1-3H3. The van der Waals surface area contributed by atoms with Crippen molar-refractivity contribution in [3.8, 4) is 5.75 Å². The lowest BCUT2D eigenvalue weighted by atomic mass is 10.1. The van der Waals surface area contributed by atoms with Crippen LogP contribution >= 0.6 is 11.6 Å². The fourth-order valence-corrected chi connectivity index (χ4v) is 2.09. The first-order valence-corrected chi connectivity index (χ1v) is 6.88. The van der Waals surface area contributed by atoms with Crippen molar-refractivity contribution in [1.82, 2.24) is 15.3 Å². The number of hydrogen-bond donors (Lipinski definition) is 1. The second kappa shape index (κ2) is 6.68. The van der Waals surface area contributed by atoms with Crippen LogP contribution < -0.4 is 10.1 Å². The van der Waals surface area contributed by atoms with E-state index >= 15 is 0 Å². The zero-order valence-corrected chi connectivity index (χ0v) is 12.6. The Balaban J connectivity index is 2.29. The highest BCUT2D eigenvalue weighted by molar-refractivity contribution is 6.30. The minimum absolute atomic E-state index is 0.0459. The monoisotopic (exact) mass is 291 g/mol. The predicted molar refractivity (Wildman–Crippen MR) is 80.2 cm³/mol. The van der Waals surface area contributed by atoms with Crippen LogP contribution in [0.4, 0.5) is 0 Å². The van der Waals surface area contributed by atoms with Gasteiger partial charge in [-0.05, 0) is 44.7 Å². The summed E-state index contributed by atoms with van der Waals surface area (Å²) in [6.45, 7) is 3.98. The highest BCUT2D eigenvalue weighted by Crippen LogP contribution is 2.23. The van der Waals surface area contributed by atoms with Crippen molar-refractivity contribution in [3.63, 3.8) is 0 Å². The molecule has 0 aliphatic rings. The molecule has 0 saturated carbocycles. The van der Waals surface area contributed by atoms with Crippen LogP contribution in [-0.2, 0) is 0 Å². The lowest BCUT2D eigenvalue weighted by Gasteiger charge is -2.17. The third-order valence-corrected chi connectivity index (χ3v) is 3.00. The Morgan fingerprint density at radius 2 is 2.00 bits per heavy atom. The van der Waals surface area contributed by atoms with E-state index in [1.807, 2.05) is 45.3 Å². The Morgan fingerprint density at radius 1 is 1.20 bits per heavy atom. The molecule has 20 heavy (non-hydrogen) atoms. The third-order valence-electron chi connectivity index (χ3n) is 2.77. The first-order valence-electron chi connectivity index (χ1n) is 6.50. The summed E-state index contributed by atoms with van der Waals surface area (Å²) in [7, 11) is 1.89. The van der Waals surface area contributed by atoms with Crippen molar-refractivity contribution in [3.05, 3.63) is 53.1 Å². The molecule has 0 fully saturated rings. The molecule has 2 aromatic heterocycles. The summed E-state index contributed by atoms with van der Waals surface area (Å²) in [6, 6.07) is 5.66. The Labute approximate surface area is 124 Å². The number of pyridine rings is 2. The SMILES string of the molecule is CNC(c1cncc(OC(C)C)c1)c1ccc(Cl)cn1. The fourth-order valence-electron chi connectivity index (χ4n) is 1.97. The van der Waals surface area contributed by atoms with Crippen LogP contribution in [-0.4, -0.2) is 23.1 Å². The van der Waals surface area contributed by atoms with Gasteiger partial charge >= 0.3 is 0 Å². The van der Waals surface area contributed by atoms with Crippen molar-refractivity contribution in [2.45, 2.75) is 26.0 Å². The van der Waals surface area contributed by atoms with E-state index in [0.717, 1.165) is 17.0 Å². The van der Waals surface area contributed by atoms with Gasteiger partial charge in [-0.15, -0.1) is 0 Å². The van der Waals surface area contributed by atoms with Gasteiger partial charge < -0.3 is 10.1 Å². The molecule has 5 heteroatoms. The van der Waals surface area contributed by atoms with Crippen molar-refractivity contribution in [1.29, 1.82) is 0 Å². The van der Waals surface area contributed by atoms with Gasteiger partial charge in [0.05, 0.1) is 29.1 Å². The largest absolute Gasteiger partial charge is 0.489 e. The second-order valence-electron chi connectivity index (χ2n) is 4.74. The molecule has 0 radical (unpaired) electrons. The summed E-state index contributed by atoms with van der Waals surface area (Å²) in [5, 5.41) is 3.86. The molecule has 0 aromatic carbocycles. The third kappa shape index (κ3) is 3.68. The zero-order chi connectivity index (χ0) is 14.5. The Hall–Kier alpha value is -1.65. The molecule has 2 aromatic rings. The maximum atomic E-state index is 5.87. The first kappa shape index (κ1) is 14.8. The van der Waals surface area contributed by atoms with E-state index in [-0.39, 0.29) is 12.1 Å². The van der Waals surface area contributed by atoms with Crippen LogP contribution in [0.15, 0.2) is 36.8 Å². The van der Waals surface area contributed by atoms with Crippen molar-refractivity contribution < 1.29 is 4.74 Å². The molecule has 0 aliphatic heterocycles. The van der Waals surface area contributed by atoms with Crippen LogP contribution in [0, 0.1) is 0 Å². The Morgan fingerprint density at radius 3 is 2.60 bits per heavy atom. The van der Waals surface area contributed by atoms with Crippen LogP contribution in [0.25, 0.3) is 0 Å². The van der Waals surface area contributed by atoms with E-state index in [0.29, 0.717) is 5.02 Å². The molecule has 0 amide bonds. The van der Waals surface area contributed by atoms with Gasteiger partial charge in [0.25, 0.3) is 0 Å². The summed E-state index contributed by atoms with van der Waals surface area (Å²) in [6.07, 6.45) is 5.29. The number of aromatic nitrogens is 2. The van der Waals surface area contributed by atoms with Gasteiger partial charge in [-0.1, -0.05) is 11.6 Å². The molecule has 1 N–H and O–H groups in total. The van der Waals surface area contributed by atoms with Gasteiger partial charge in [-0.3, -0.25) is 9.97 Å². The maximum Gasteiger partial charge on any atom is 0.138 e. The molecule has 0 aliphatic carbocycles. The molecule has 2 heterocycles. The average molecular weight is 292 g/mol. The minimum atomic E-state index is -0.0459. The van der Waals surface area contributed by atoms with Gasteiger partial charge in [-0.2, -0.15) is 0 Å². The molecule has 4 nitrogen and oxygen atoms in total. The number of rotatable bonds is 5. The summed E-state index contributed by atoms with van der Waals surface area (Å²) in [5.74, 6) is 0.756. The van der Waals surface area contributed by atoms with Gasteiger partial charge in [0.1, 0.15) is 5.75 Å². The fraction of sp³-hybridized carbons (Fsp3) is 0.333. The van der Waals surface area contributed by atoms with Gasteiger partial charge in [0.2, 0.25) is 0 Å². The van der Waals surface area contributed by atoms with Crippen LogP contribution in [0.5, 0.6) is 5.75 Å². The van der Waals surface area contributed by atoms with Gasteiger partial charge in [-0.25, -0.2) is 0 Å². The number of halogens is 1. The highest BCUT2D eigenvalue weighted by Gasteiger charge is 2.14. The second-order valence-corrected chi connectivity index (χ2v) is 5.18. The molecule has 106 valence electrons. The van der Waals surface area contributed by atoms with Crippen molar-refractivity contribution in [2.75, 3.05) is 7.05 Å². The quantitative estimate of drug-likeness (QED) is 0.919. The topological polar surface area (TPSA) is 47.0 Å². The van der Waals surface area contributed by atoms with E-state index < -0.39 is 0 Å². The van der Waals surface area contributed by atoms with E-state index in [4.69, 9.17) is 16.3 Å². The number of nitrogens with one attached hydrogen (secondary N) is 1. The number of hydrogen-bond acceptors (Lipinski definition) is 4. The van der Waals surface area contributed by atoms with Crippen LogP contribution in [0.2, 0.25) is 5.02 Å². The summed E-state index contributed by atoms with van der Waals surface area (Å²) < 4.78 is 5.67. The number of nitrogens with zero attached hydrogens (tertiary/aromatic N) is 2. The highest BCUT2D eigenvalue weighted by atomic mass is 35.5. The molecule has 0 spiro atoms. The Kier molecular flexibility index (Phi) is 4.93. The van der Waals surface area contributed by atoms with Gasteiger partial charge in [0.15, 0.2) is 0 Å². The van der Waals surface area contributed by atoms with E-state index in [9.17, 15) is 0 Å². The van der Waals surface area contributed by atoms with E-state index in [1.54, 1.807) is 12.4 Å². The number of ether oxygens (including phenoxy) is 1. The smallest absolute Gasteiger partial charge is 0.138 e. The van der Waals surface area contributed by atoms with E-state index in [2.05, 4.69) is 15.3 Å². The van der Waals surface area contributed by atoms with Crippen molar-refractivity contribution in [2.24, 2.45) is 0 Å². The molecule has 0 saturated heterocycles. The molecule has 0 bridgehead atoms. The minimum Gasteiger partial charge on any atom is -0.489 e. The lowest BCUT2D eigenvalue weighted by Crippen LogP contribution is -2.19. The molecular weight excluding hydrogens is 274 g/mol. The van der Waals surface area contributed by atoms with E-state index in [1.165, 1.54) is 0 Å². The summed E-state index contributed by atoms with van der Waals surface area (Å²) >= 11 is 5.87. The summed E-state index contributed by atoms with van der Waals surface area (Å²) in [5.41, 5.74) is 1.89. The maximum absolute atomic E-state index is 5.87. The lowest BCUT2D eigenvalue weighted by molar-refractivity contribution is 0.241. The average Bonchev–Trinajstić information content (AvgIpc) is 2.41.